The molecule has 36 heavy (non-hydrogen) atoms. The van der Waals surface area contributed by atoms with Gasteiger partial charge in [-0.3, -0.25) is 4.79 Å². The molecular weight excluding hydrogens is 472 g/mol. The maximum Gasteiger partial charge on any atom is 0.256 e. The summed E-state index contributed by atoms with van der Waals surface area (Å²) in [5.41, 5.74) is 8.42. The van der Waals surface area contributed by atoms with E-state index in [4.69, 9.17) is 16.7 Å². The third-order valence-electron chi connectivity index (χ3n) is 6.34. The number of carbonyl (C=O) groups is 1. The first-order chi connectivity index (χ1) is 17.3. The summed E-state index contributed by atoms with van der Waals surface area (Å²) in [4.78, 5) is 15.5. The van der Waals surface area contributed by atoms with E-state index in [9.17, 15) is 4.79 Å². The molecule has 198 valence electrons. The van der Waals surface area contributed by atoms with Crippen LogP contribution in [0.25, 0.3) is 6.20 Å². The van der Waals surface area contributed by atoms with Gasteiger partial charge in [0.1, 0.15) is 0 Å². The van der Waals surface area contributed by atoms with Crippen LogP contribution in [0.1, 0.15) is 81.2 Å². The minimum atomic E-state index is -0.0734. The number of aromatic nitrogens is 2. The van der Waals surface area contributed by atoms with Crippen molar-refractivity contribution in [2.45, 2.75) is 66.3 Å². The molecule has 1 aromatic heterocycles. The van der Waals surface area contributed by atoms with Gasteiger partial charge in [0.15, 0.2) is 0 Å². The van der Waals surface area contributed by atoms with Crippen molar-refractivity contribution >= 4 is 29.4 Å². The van der Waals surface area contributed by atoms with E-state index in [2.05, 4.69) is 30.3 Å². The molecule has 0 saturated carbocycles. The van der Waals surface area contributed by atoms with Gasteiger partial charge in [-0.25, -0.2) is 10.1 Å². The van der Waals surface area contributed by atoms with E-state index in [1.54, 1.807) is 12.1 Å². The quantitative estimate of drug-likeness (QED) is 0.295. The number of anilines is 1. The van der Waals surface area contributed by atoms with Crippen LogP contribution >= 0.6 is 11.6 Å². The van der Waals surface area contributed by atoms with Gasteiger partial charge in [0.05, 0.1) is 17.3 Å². The maximum absolute atomic E-state index is 13.6. The lowest BCUT2D eigenvalue weighted by molar-refractivity contribution is 0.0606. The van der Waals surface area contributed by atoms with Crippen molar-refractivity contribution in [3.8, 4) is 0 Å². The van der Waals surface area contributed by atoms with Crippen molar-refractivity contribution in [2.24, 2.45) is 0 Å². The first kappa shape index (κ1) is 29.5. The van der Waals surface area contributed by atoms with Gasteiger partial charge in [-0.05, 0) is 69.4 Å². The lowest BCUT2D eigenvalue weighted by atomic mass is 9.97. The van der Waals surface area contributed by atoms with Crippen LogP contribution in [0.5, 0.6) is 0 Å². The molecule has 7 nitrogen and oxygen atoms in total. The van der Waals surface area contributed by atoms with Crippen LogP contribution in [0.15, 0.2) is 42.1 Å². The number of aryl methyl sites for hydroxylation is 1. The summed E-state index contributed by atoms with van der Waals surface area (Å²) in [6.07, 6.45) is 5.96. The van der Waals surface area contributed by atoms with Crippen LogP contribution in [-0.4, -0.2) is 52.8 Å². The standard InChI is InChI=1S/C26H37ClN6O.C2H6/c1-7-13-32(29-6)20(4)18(2)17-33-19(3)15-24(30-33)25-10-8-9-14-31(25)26(34)22-16-21(27)11-12-23(22)28-5;1-2/h11-12,15-17,25,28-29H,4,7-10,13-14H2,1-3,5-6H3;1-2H3/b18-17-;/t25-;/m0./s1. The monoisotopic (exact) mass is 514 g/mol. The Labute approximate surface area is 222 Å². The Balaban J connectivity index is 0.00000222. The summed E-state index contributed by atoms with van der Waals surface area (Å²) in [6.45, 7) is 16.0. The lowest BCUT2D eigenvalue weighted by Gasteiger charge is -2.35. The molecule has 0 radical (unpaired) electrons. The Hall–Kier alpha value is -2.77. The number of hydrogen-bond donors (Lipinski definition) is 2. The maximum atomic E-state index is 13.6. The molecule has 2 aromatic rings. The summed E-state index contributed by atoms with van der Waals surface area (Å²) >= 11 is 6.22. The van der Waals surface area contributed by atoms with E-state index in [1.165, 1.54) is 0 Å². The second-order valence-corrected chi connectivity index (χ2v) is 9.18. The van der Waals surface area contributed by atoms with Crippen LogP contribution in [0, 0.1) is 6.92 Å². The fourth-order valence-electron chi connectivity index (χ4n) is 4.43. The molecule has 0 bridgehead atoms. The number of allylic oxidation sites excluding steroid dienone is 1. The van der Waals surface area contributed by atoms with E-state index >= 15 is 0 Å². The molecule has 1 aliphatic rings. The third kappa shape index (κ3) is 6.92. The van der Waals surface area contributed by atoms with Crippen molar-refractivity contribution in [1.29, 1.82) is 0 Å². The van der Waals surface area contributed by atoms with Crippen LogP contribution in [0.4, 0.5) is 5.69 Å². The molecule has 1 aliphatic heterocycles. The second-order valence-electron chi connectivity index (χ2n) is 8.74. The van der Waals surface area contributed by atoms with Crippen LogP contribution < -0.4 is 10.7 Å². The number of nitrogens with zero attached hydrogens (tertiary/aromatic N) is 4. The highest BCUT2D eigenvalue weighted by Gasteiger charge is 2.31. The van der Waals surface area contributed by atoms with E-state index in [0.717, 1.165) is 60.6 Å². The van der Waals surface area contributed by atoms with Gasteiger partial charge in [0.25, 0.3) is 5.91 Å². The van der Waals surface area contributed by atoms with Crippen molar-refractivity contribution < 1.29 is 4.79 Å². The summed E-state index contributed by atoms with van der Waals surface area (Å²) in [5.74, 6) is -0.0203. The van der Waals surface area contributed by atoms with Crippen molar-refractivity contribution in [3.05, 3.63) is 64.1 Å². The summed E-state index contributed by atoms with van der Waals surface area (Å²) in [5, 5.41) is 10.6. The number of likely N-dealkylation sites (tertiary alicyclic amines) is 1. The van der Waals surface area contributed by atoms with Gasteiger partial charge in [-0.15, -0.1) is 0 Å². The molecule has 2 heterocycles. The highest BCUT2D eigenvalue weighted by atomic mass is 35.5. The fourth-order valence-corrected chi connectivity index (χ4v) is 4.60. The van der Waals surface area contributed by atoms with Crippen molar-refractivity contribution in [2.75, 3.05) is 32.5 Å². The molecule has 0 aliphatic carbocycles. The minimum absolute atomic E-state index is 0.0203. The number of carbonyl (C=O) groups excluding carboxylic acids is 1. The zero-order valence-electron chi connectivity index (χ0n) is 23.0. The molecule has 0 unspecified atom stereocenters. The van der Waals surface area contributed by atoms with Gasteiger partial charge < -0.3 is 15.2 Å². The average molecular weight is 515 g/mol. The zero-order valence-corrected chi connectivity index (χ0v) is 23.7. The smallest absolute Gasteiger partial charge is 0.256 e. The molecule has 1 atom stereocenters. The largest absolute Gasteiger partial charge is 0.387 e. The normalized spacial score (nSPS) is 15.7. The summed E-state index contributed by atoms with van der Waals surface area (Å²) in [7, 11) is 3.72. The molecule has 1 fully saturated rings. The van der Waals surface area contributed by atoms with Crippen LogP contribution in [0.2, 0.25) is 5.02 Å². The van der Waals surface area contributed by atoms with Gasteiger partial charge in [-0.1, -0.05) is 39.0 Å². The van der Waals surface area contributed by atoms with Crippen molar-refractivity contribution in [3.63, 3.8) is 0 Å². The van der Waals surface area contributed by atoms with Gasteiger partial charge >= 0.3 is 0 Å². The van der Waals surface area contributed by atoms with Gasteiger partial charge in [0.2, 0.25) is 0 Å². The van der Waals surface area contributed by atoms with E-state index in [-0.39, 0.29) is 11.9 Å². The fraction of sp³-hybridized carbons (Fsp3) is 0.500. The molecule has 8 heteroatoms. The topological polar surface area (TPSA) is 65.4 Å². The molecule has 2 N–H and O–H groups in total. The number of hydrazine groups is 1. The predicted octanol–water partition coefficient (Wildman–Crippen LogP) is 6.50. The average Bonchev–Trinajstić information content (AvgIpc) is 3.27. The number of benzene rings is 1. The van der Waals surface area contributed by atoms with Crippen LogP contribution in [0.3, 0.4) is 0 Å². The first-order valence-electron chi connectivity index (χ1n) is 13.0. The number of piperidine rings is 1. The zero-order chi connectivity index (χ0) is 26.8. The highest BCUT2D eigenvalue weighted by molar-refractivity contribution is 6.31. The molecule has 1 saturated heterocycles. The minimum Gasteiger partial charge on any atom is -0.387 e. The van der Waals surface area contributed by atoms with Gasteiger partial charge in [-0.2, -0.15) is 5.10 Å². The lowest BCUT2D eigenvalue weighted by Crippen LogP contribution is -2.39. The first-order valence-corrected chi connectivity index (χ1v) is 13.3. The highest BCUT2D eigenvalue weighted by Crippen LogP contribution is 2.34. The molecule has 3 rings (SSSR count). The summed E-state index contributed by atoms with van der Waals surface area (Å²) < 4.78 is 1.89. The number of nitrogens with one attached hydrogen (secondary N) is 2. The predicted molar refractivity (Wildman–Crippen MR) is 152 cm³/mol. The number of hydrogen-bond acceptors (Lipinski definition) is 5. The molecular formula is C28H43ClN6O. The van der Waals surface area contributed by atoms with Crippen LogP contribution in [-0.2, 0) is 0 Å². The Kier molecular flexibility index (Phi) is 11.5. The van der Waals surface area contributed by atoms with E-state index in [0.29, 0.717) is 17.1 Å². The molecule has 0 spiro atoms. The Morgan fingerprint density at radius 1 is 1.28 bits per heavy atom. The molecule has 1 amide bonds. The third-order valence-corrected chi connectivity index (χ3v) is 6.58. The summed E-state index contributed by atoms with van der Waals surface area (Å²) in [6, 6.07) is 7.40. The van der Waals surface area contributed by atoms with Gasteiger partial charge in [0, 0.05) is 55.5 Å². The number of rotatable bonds is 9. The van der Waals surface area contributed by atoms with E-state index in [1.807, 2.05) is 68.6 Å². The Morgan fingerprint density at radius 3 is 2.64 bits per heavy atom. The number of amides is 1. The molecule has 1 aromatic carbocycles. The SMILES string of the molecule is C=C(/C(C)=C\n1nc([C@@H]2CCCCN2C(=O)c2cc(Cl)ccc2NC)cc1C)N(CCC)NC.CC. The Morgan fingerprint density at radius 2 is 2.00 bits per heavy atom. The Bertz CT molecular complexity index is 1060. The van der Waals surface area contributed by atoms with E-state index < -0.39 is 0 Å². The number of halogens is 1. The second kappa shape index (κ2) is 14.1. The van der Waals surface area contributed by atoms with Crippen molar-refractivity contribution in [1.82, 2.24) is 25.1 Å².